The summed E-state index contributed by atoms with van der Waals surface area (Å²) in [5.74, 6) is -0.260. The molecule has 3 nitrogen and oxygen atoms in total. The number of rotatable bonds is 6. The van der Waals surface area contributed by atoms with Crippen LogP contribution in [0.15, 0.2) is 22.7 Å². The predicted molar refractivity (Wildman–Crippen MR) is 63.5 cm³/mol. The molecule has 1 aromatic rings. The quantitative estimate of drug-likeness (QED) is 0.646. The molecule has 0 amide bonds. The Morgan fingerprint density at radius 1 is 1.44 bits per heavy atom. The third kappa shape index (κ3) is 4.17. The van der Waals surface area contributed by atoms with Crippen molar-refractivity contribution in [1.82, 2.24) is 5.48 Å². The van der Waals surface area contributed by atoms with Crippen LogP contribution in [-0.2, 0) is 9.57 Å². The first-order valence-electron chi connectivity index (χ1n) is 4.96. The van der Waals surface area contributed by atoms with Crippen LogP contribution in [0.2, 0.25) is 0 Å². The van der Waals surface area contributed by atoms with Crippen LogP contribution in [0.5, 0.6) is 0 Å². The summed E-state index contributed by atoms with van der Waals surface area (Å²) in [6.45, 7) is 2.76. The Kier molecular flexibility index (Phi) is 5.90. The van der Waals surface area contributed by atoms with E-state index < -0.39 is 0 Å². The largest absolute Gasteiger partial charge is 0.382 e. The van der Waals surface area contributed by atoms with Crippen LogP contribution in [0.3, 0.4) is 0 Å². The number of hydrogen-bond donors (Lipinski definition) is 1. The Bertz CT molecular complexity index is 336. The lowest BCUT2D eigenvalue weighted by atomic mass is 10.1. The maximum Gasteiger partial charge on any atom is 0.129 e. The fourth-order valence-electron chi connectivity index (χ4n) is 1.23. The molecule has 0 aliphatic rings. The van der Waals surface area contributed by atoms with Crippen molar-refractivity contribution in [2.75, 3.05) is 20.3 Å². The van der Waals surface area contributed by atoms with E-state index in [4.69, 9.17) is 9.57 Å². The SMILES string of the molecule is COCCONC(C)c1ccc(Br)cc1F. The molecule has 0 aliphatic heterocycles. The molecular formula is C11H15BrFNO2. The summed E-state index contributed by atoms with van der Waals surface area (Å²) >= 11 is 3.21. The minimum atomic E-state index is -0.260. The normalized spacial score (nSPS) is 12.8. The van der Waals surface area contributed by atoms with Gasteiger partial charge in [0, 0.05) is 17.1 Å². The van der Waals surface area contributed by atoms with E-state index in [0.717, 1.165) is 4.47 Å². The second kappa shape index (κ2) is 6.96. The number of methoxy groups -OCH3 is 1. The highest BCUT2D eigenvalue weighted by atomic mass is 79.9. The summed E-state index contributed by atoms with van der Waals surface area (Å²) in [6.07, 6.45) is 0. The molecule has 1 N–H and O–H groups in total. The van der Waals surface area contributed by atoms with Gasteiger partial charge in [-0.2, -0.15) is 5.48 Å². The van der Waals surface area contributed by atoms with Crippen molar-refractivity contribution in [3.63, 3.8) is 0 Å². The molecule has 1 rings (SSSR count). The third-order valence-electron chi connectivity index (χ3n) is 2.08. The van der Waals surface area contributed by atoms with Crippen molar-refractivity contribution in [3.8, 4) is 0 Å². The molecule has 1 unspecified atom stereocenters. The number of nitrogens with one attached hydrogen (secondary N) is 1. The van der Waals surface area contributed by atoms with E-state index in [1.807, 2.05) is 6.92 Å². The second-order valence-corrected chi connectivity index (χ2v) is 4.26. The summed E-state index contributed by atoms with van der Waals surface area (Å²) < 4.78 is 19.1. The lowest BCUT2D eigenvalue weighted by molar-refractivity contribution is -0.00977. The maximum atomic E-state index is 13.5. The van der Waals surface area contributed by atoms with E-state index in [2.05, 4.69) is 21.4 Å². The molecule has 16 heavy (non-hydrogen) atoms. The molecule has 0 saturated heterocycles. The lowest BCUT2D eigenvalue weighted by Gasteiger charge is -2.14. The Labute approximate surface area is 103 Å². The zero-order valence-corrected chi connectivity index (χ0v) is 10.9. The van der Waals surface area contributed by atoms with Gasteiger partial charge in [0.2, 0.25) is 0 Å². The van der Waals surface area contributed by atoms with Crippen molar-refractivity contribution >= 4 is 15.9 Å². The minimum absolute atomic E-state index is 0.204. The van der Waals surface area contributed by atoms with Gasteiger partial charge in [0.05, 0.1) is 19.3 Å². The van der Waals surface area contributed by atoms with Crippen LogP contribution in [-0.4, -0.2) is 20.3 Å². The topological polar surface area (TPSA) is 30.5 Å². The third-order valence-corrected chi connectivity index (χ3v) is 2.57. The lowest BCUT2D eigenvalue weighted by Crippen LogP contribution is -2.22. The molecule has 0 heterocycles. The van der Waals surface area contributed by atoms with E-state index >= 15 is 0 Å². The number of ether oxygens (including phenoxy) is 1. The zero-order chi connectivity index (χ0) is 12.0. The van der Waals surface area contributed by atoms with Crippen LogP contribution in [0.25, 0.3) is 0 Å². The van der Waals surface area contributed by atoms with Crippen molar-refractivity contribution in [1.29, 1.82) is 0 Å². The van der Waals surface area contributed by atoms with Gasteiger partial charge in [-0.05, 0) is 19.1 Å². The highest BCUT2D eigenvalue weighted by Gasteiger charge is 2.10. The molecule has 0 saturated carbocycles. The van der Waals surface area contributed by atoms with Crippen molar-refractivity contribution < 1.29 is 14.0 Å². The molecule has 0 radical (unpaired) electrons. The molecule has 0 aliphatic carbocycles. The molecule has 0 bridgehead atoms. The van der Waals surface area contributed by atoms with E-state index in [1.54, 1.807) is 19.2 Å². The smallest absolute Gasteiger partial charge is 0.129 e. The number of hydroxylamine groups is 1. The fraction of sp³-hybridized carbons (Fsp3) is 0.455. The van der Waals surface area contributed by atoms with Gasteiger partial charge in [0.15, 0.2) is 0 Å². The zero-order valence-electron chi connectivity index (χ0n) is 9.30. The van der Waals surface area contributed by atoms with Gasteiger partial charge in [0.1, 0.15) is 5.82 Å². The summed E-state index contributed by atoms with van der Waals surface area (Å²) in [5.41, 5.74) is 3.33. The average Bonchev–Trinajstić information content (AvgIpc) is 2.24. The first-order chi connectivity index (χ1) is 7.65. The summed E-state index contributed by atoms with van der Waals surface area (Å²) in [4.78, 5) is 5.12. The van der Waals surface area contributed by atoms with E-state index in [1.165, 1.54) is 6.07 Å². The monoisotopic (exact) mass is 291 g/mol. The summed E-state index contributed by atoms with van der Waals surface area (Å²) in [5, 5.41) is 0. The average molecular weight is 292 g/mol. The van der Waals surface area contributed by atoms with Crippen LogP contribution in [0.1, 0.15) is 18.5 Å². The molecule has 5 heteroatoms. The molecule has 0 aromatic heterocycles. The van der Waals surface area contributed by atoms with Crippen LogP contribution in [0.4, 0.5) is 4.39 Å². The van der Waals surface area contributed by atoms with E-state index in [0.29, 0.717) is 18.8 Å². The van der Waals surface area contributed by atoms with Gasteiger partial charge < -0.3 is 4.74 Å². The van der Waals surface area contributed by atoms with Crippen molar-refractivity contribution in [2.45, 2.75) is 13.0 Å². The van der Waals surface area contributed by atoms with Gasteiger partial charge in [0.25, 0.3) is 0 Å². The van der Waals surface area contributed by atoms with Crippen LogP contribution >= 0.6 is 15.9 Å². The Balaban J connectivity index is 2.49. The van der Waals surface area contributed by atoms with E-state index in [9.17, 15) is 4.39 Å². The predicted octanol–water partition coefficient (Wildman–Crippen LogP) is 2.82. The molecule has 90 valence electrons. The van der Waals surface area contributed by atoms with Gasteiger partial charge in [-0.15, -0.1) is 0 Å². The Morgan fingerprint density at radius 2 is 2.19 bits per heavy atom. The second-order valence-electron chi connectivity index (χ2n) is 3.35. The molecule has 0 fully saturated rings. The fourth-order valence-corrected chi connectivity index (χ4v) is 1.56. The number of hydrogen-bond acceptors (Lipinski definition) is 3. The van der Waals surface area contributed by atoms with Gasteiger partial charge in [-0.25, -0.2) is 4.39 Å². The van der Waals surface area contributed by atoms with Crippen molar-refractivity contribution in [3.05, 3.63) is 34.1 Å². The number of halogens is 2. The van der Waals surface area contributed by atoms with Crippen LogP contribution < -0.4 is 5.48 Å². The molecular weight excluding hydrogens is 277 g/mol. The van der Waals surface area contributed by atoms with Crippen molar-refractivity contribution in [2.24, 2.45) is 0 Å². The van der Waals surface area contributed by atoms with Crippen LogP contribution in [0, 0.1) is 5.82 Å². The molecule has 1 aromatic carbocycles. The summed E-state index contributed by atoms with van der Waals surface area (Å²) in [7, 11) is 1.60. The van der Waals surface area contributed by atoms with Gasteiger partial charge >= 0.3 is 0 Å². The molecule has 0 spiro atoms. The van der Waals surface area contributed by atoms with Gasteiger partial charge in [-0.1, -0.05) is 22.0 Å². The first kappa shape index (κ1) is 13.6. The highest BCUT2D eigenvalue weighted by molar-refractivity contribution is 9.10. The Hall–Kier alpha value is -0.490. The summed E-state index contributed by atoms with van der Waals surface area (Å²) in [6, 6.07) is 4.75. The maximum absolute atomic E-state index is 13.5. The highest BCUT2D eigenvalue weighted by Crippen LogP contribution is 2.20. The van der Waals surface area contributed by atoms with E-state index in [-0.39, 0.29) is 11.9 Å². The minimum Gasteiger partial charge on any atom is -0.382 e. The number of benzene rings is 1. The standard InChI is InChI=1S/C11H15BrFNO2/c1-8(14-16-6-5-15-2)10-4-3-9(12)7-11(10)13/h3-4,7-8,14H,5-6H2,1-2H3. The Morgan fingerprint density at radius 3 is 2.81 bits per heavy atom. The molecule has 1 atom stereocenters. The van der Waals surface area contributed by atoms with Gasteiger partial charge in [-0.3, -0.25) is 4.84 Å². The first-order valence-corrected chi connectivity index (χ1v) is 5.75.